The minimum Gasteiger partial charge on any atom is -0.371 e. The number of alkyl halides is 6. The molecular formula is C14H12F6N2. The highest BCUT2D eigenvalue weighted by Gasteiger charge is 2.41. The lowest BCUT2D eigenvalue weighted by Gasteiger charge is -2.34. The van der Waals surface area contributed by atoms with Gasteiger partial charge < -0.3 is 4.90 Å². The summed E-state index contributed by atoms with van der Waals surface area (Å²) in [4.78, 5) is 1.48. The fraction of sp³-hybridized carbons (Fsp3) is 0.500. The Labute approximate surface area is 122 Å². The van der Waals surface area contributed by atoms with Gasteiger partial charge >= 0.3 is 12.4 Å². The van der Waals surface area contributed by atoms with Gasteiger partial charge in [0, 0.05) is 18.8 Å². The average Bonchev–Trinajstić information content (AvgIpc) is 2.45. The maximum Gasteiger partial charge on any atom is 0.417 e. The molecule has 0 aromatic heterocycles. The molecule has 2 rings (SSSR count). The Balaban J connectivity index is 2.20. The SMILES string of the molecule is N#Cc1ccc(N2CCC(C(F)(F)F)CC2)cc1C(F)(F)F. The van der Waals surface area contributed by atoms with Crippen LogP contribution in [0.5, 0.6) is 0 Å². The standard InChI is InChI=1S/C14H12F6N2/c15-13(16,17)10-3-5-22(6-4-10)11-2-1-9(8-21)12(7-11)14(18,19)20/h1-2,7,10H,3-6H2. The van der Waals surface area contributed by atoms with E-state index in [0.717, 1.165) is 12.1 Å². The summed E-state index contributed by atoms with van der Waals surface area (Å²) in [5.41, 5.74) is -1.38. The summed E-state index contributed by atoms with van der Waals surface area (Å²) in [6.45, 7) is 0.0702. The lowest BCUT2D eigenvalue weighted by Crippen LogP contribution is -2.39. The van der Waals surface area contributed by atoms with Crippen molar-refractivity contribution >= 4 is 5.69 Å². The fourth-order valence-corrected chi connectivity index (χ4v) is 2.53. The second-order valence-corrected chi connectivity index (χ2v) is 5.14. The van der Waals surface area contributed by atoms with Gasteiger partial charge in [0.1, 0.15) is 0 Å². The fourth-order valence-electron chi connectivity index (χ4n) is 2.53. The second-order valence-electron chi connectivity index (χ2n) is 5.14. The molecule has 0 amide bonds. The normalized spacial score (nSPS) is 17.4. The predicted molar refractivity (Wildman–Crippen MR) is 67.2 cm³/mol. The molecule has 0 radical (unpaired) electrons. The molecule has 1 aliphatic heterocycles. The summed E-state index contributed by atoms with van der Waals surface area (Å²) in [7, 11) is 0. The van der Waals surface area contributed by atoms with E-state index in [9.17, 15) is 26.3 Å². The van der Waals surface area contributed by atoms with Gasteiger partial charge in [-0.25, -0.2) is 0 Å². The summed E-state index contributed by atoms with van der Waals surface area (Å²) < 4.78 is 76.4. The van der Waals surface area contributed by atoms with Crippen LogP contribution in [0.25, 0.3) is 0 Å². The lowest BCUT2D eigenvalue weighted by atomic mass is 9.95. The van der Waals surface area contributed by atoms with E-state index in [0.29, 0.717) is 0 Å². The summed E-state index contributed by atoms with van der Waals surface area (Å²) in [5.74, 6) is -1.41. The molecule has 0 aliphatic carbocycles. The van der Waals surface area contributed by atoms with E-state index < -0.39 is 29.4 Å². The molecule has 2 nitrogen and oxygen atoms in total. The first-order chi connectivity index (χ1) is 10.1. The van der Waals surface area contributed by atoms with Crippen LogP contribution in [0.1, 0.15) is 24.0 Å². The van der Waals surface area contributed by atoms with E-state index >= 15 is 0 Å². The number of halogens is 6. The molecule has 0 atom stereocenters. The number of nitriles is 1. The number of hydrogen-bond acceptors (Lipinski definition) is 2. The third kappa shape index (κ3) is 3.46. The van der Waals surface area contributed by atoms with Crippen LogP contribution in [-0.2, 0) is 6.18 Å². The summed E-state index contributed by atoms with van der Waals surface area (Å²) in [5, 5.41) is 8.72. The van der Waals surface area contributed by atoms with Gasteiger partial charge in [0.15, 0.2) is 0 Å². The van der Waals surface area contributed by atoms with Crippen molar-refractivity contribution in [1.29, 1.82) is 5.26 Å². The molecule has 0 spiro atoms. The Morgan fingerprint density at radius 3 is 2.09 bits per heavy atom. The predicted octanol–water partition coefficient (Wildman–Crippen LogP) is 4.36. The Hall–Kier alpha value is -1.91. The molecule has 0 bridgehead atoms. The monoisotopic (exact) mass is 322 g/mol. The van der Waals surface area contributed by atoms with E-state index in [1.165, 1.54) is 17.0 Å². The zero-order chi connectivity index (χ0) is 16.5. The highest BCUT2D eigenvalue weighted by Crippen LogP contribution is 2.38. The van der Waals surface area contributed by atoms with Crippen molar-refractivity contribution < 1.29 is 26.3 Å². The largest absolute Gasteiger partial charge is 0.417 e. The van der Waals surface area contributed by atoms with Gasteiger partial charge in [0.25, 0.3) is 0 Å². The van der Waals surface area contributed by atoms with Crippen molar-refractivity contribution in [3.8, 4) is 6.07 Å². The number of nitrogens with zero attached hydrogens (tertiary/aromatic N) is 2. The van der Waals surface area contributed by atoms with Crippen LogP contribution in [0.15, 0.2) is 18.2 Å². The minimum atomic E-state index is -4.68. The minimum absolute atomic E-state index is 0.0351. The van der Waals surface area contributed by atoms with Gasteiger partial charge in [-0.3, -0.25) is 0 Å². The Morgan fingerprint density at radius 1 is 1.05 bits per heavy atom. The number of rotatable bonds is 1. The molecule has 1 heterocycles. The lowest BCUT2D eigenvalue weighted by molar-refractivity contribution is -0.179. The summed E-state index contributed by atoms with van der Waals surface area (Å²) in [6.07, 6.45) is -9.24. The van der Waals surface area contributed by atoms with E-state index in [1.807, 2.05) is 0 Å². The van der Waals surface area contributed by atoms with E-state index in [2.05, 4.69) is 0 Å². The van der Waals surface area contributed by atoms with E-state index in [1.54, 1.807) is 0 Å². The van der Waals surface area contributed by atoms with Crippen molar-refractivity contribution in [1.82, 2.24) is 0 Å². The first-order valence-electron chi connectivity index (χ1n) is 6.56. The van der Waals surface area contributed by atoms with Crippen LogP contribution >= 0.6 is 0 Å². The molecule has 1 aliphatic rings. The van der Waals surface area contributed by atoms with Crippen molar-refractivity contribution in [2.75, 3.05) is 18.0 Å². The van der Waals surface area contributed by atoms with Gasteiger partial charge in [-0.1, -0.05) is 0 Å². The van der Waals surface area contributed by atoms with Crippen LogP contribution < -0.4 is 4.90 Å². The smallest absolute Gasteiger partial charge is 0.371 e. The molecule has 1 fully saturated rings. The Morgan fingerprint density at radius 2 is 1.64 bits per heavy atom. The van der Waals surface area contributed by atoms with Crippen molar-refractivity contribution in [3.63, 3.8) is 0 Å². The van der Waals surface area contributed by atoms with Crippen LogP contribution in [0.4, 0.5) is 32.0 Å². The highest BCUT2D eigenvalue weighted by molar-refractivity contribution is 5.55. The van der Waals surface area contributed by atoms with Gasteiger partial charge in [-0.2, -0.15) is 31.6 Å². The molecule has 8 heteroatoms. The molecule has 1 aromatic rings. The van der Waals surface area contributed by atoms with Crippen LogP contribution in [0.3, 0.4) is 0 Å². The maximum absolute atomic E-state index is 12.9. The van der Waals surface area contributed by atoms with Crippen LogP contribution in [-0.4, -0.2) is 19.3 Å². The van der Waals surface area contributed by atoms with Gasteiger partial charge in [-0.15, -0.1) is 0 Å². The number of piperidine rings is 1. The maximum atomic E-state index is 12.9. The molecular weight excluding hydrogens is 310 g/mol. The third-order valence-corrected chi connectivity index (χ3v) is 3.75. The first kappa shape index (κ1) is 16.5. The zero-order valence-electron chi connectivity index (χ0n) is 11.3. The molecule has 22 heavy (non-hydrogen) atoms. The zero-order valence-corrected chi connectivity index (χ0v) is 11.3. The molecule has 0 N–H and O–H groups in total. The summed E-state index contributed by atoms with van der Waals surface area (Å²) >= 11 is 0. The van der Waals surface area contributed by atoms with E-state index in [-0.39, 0.29) is 31.6 Å². The van der Waals surface area contributed by atoms with Gasteiger partial charge in [0.2, 0.25) is 0 Å². The van der Waals surface area contributed by atoms with Crippen LogP contribution in [0, 0.1) is 17.2 Å². The topological polar surface area (TPSA) is 27.0 Å². The Kier molecular flexibility index (Phi) is 4.27. The first-order valence-corrected chi connectivity index (χ1v) is 6.56. The third-order valence-electron chi connectivity index (χ3n) is 3.75. The van der Waals surface area contributed by atoms with Crippen molar-refractivity contribution in [3.05, 3.63) is 29.3 Å². The molecule has 1 saturated heterocycles. The Bertz CT molecular complexity index is 576. The number of benzene rings is 1. The van der Waals surface area contributed by atoms with Gasteiger partial charge in [0.05, 0.1) is 23.1 Å². The average molecular weight is 322 g/mol. The van der Waals surface area contributed by atoms with Crippen LogP contribution in [0.2, 0.25) is 0 Å². The molecule has 1 aromatic carbocycles. The molecule has 0 saturated carbocycles. The van der Waals surface area contributed by atoms with E-state index in [4.69, 9.17) is 5.26 Å². The number of anilines is 1. The van der Waals surface area contributed by atoms with Crippen molar-refractivity contribution in [2.24, 2.45) is 5.92 Å². The summed E-state index contributed by atoms with van der Waals surface area (Å²) in [6, 6.07) is 4.68. The number of hydrogen-bond donors (Lipinski definition) is 0. The second kappa shape index (κ2) is 5.71. The van der Waals surface area contributed by atoms with Gasteiger partial charge in [-0.05, 0) is 31.0 Å². The quantitative estimate of drug-likeness (QED) is 0.719. The van der Waals surface area contributed by atoms with Crippen molar-refractivity contribution in [2.45, 2.75) is 25.2 Å². The molecule has 120 valence electrons. The highest BCUT2D eigenvalue weighted by atomic mass is 19.4. The molecule has 0 unspecified atom stereocenters.